The summed E-state index contributed by atoms with van der Waals surface area (Å²) in [6, 6.07) is 28.0. The number of benzene rings is 3. The van der Waals surface area contributed by atoms with Crippen molar-refractivity contribution in [2.45, 2.75) is 6.04 Å². The number of hydrogen-bond donors (Lipinski definition) is 2. The monoisotopic (exact) mass is 375 g/mol. The summed E-state index contributed by atoms with van der Waals surface area (Å²) in [6.07, 6.45) is 0. The summed E-state index contributed by atoms with van der Waals surface area (Å²) in [7, 11) is 4.15. The molecule has 2 N–H and O–H groups in total. The maximum Gasteiger partial charge on any atom is 0.258 e. The van der Waals surface area contributed by atoms with Gasteiger partial charge in [-0.2, -0.15) is 0 Å². The van der Waals surface area contributed by atoms with Crippen LogP contribution in [0.3, 0.4) is 0 Å². The number of likely N-dealkylation sites (N-methyl/N-ethyl adjacent to an activating group) is 1. The molecule has 0 heterocycles. The lowest BCUT2D eigenvalue weighted by Gasteiger charge is -2.21. The van der Waals surface area contributed by atoms with Crippen LogP contribution in [0.5, 0.6) is 5.75 Å². The highest BCUT2D eigenvalue weighted by Gasteiger charge is 2.17. The molecule has 3 aromatic rings. The zero-order chi connectivity index (χ0) is 19.8. The van der Waals surface area contributed by atoms with E-state index in [9.17, 15) is 4.79 Å². The van der Waals surface area contributed by atoms with E-state index in [0.29, 0.717) is 5.75 Å². The minimum atomic E-state index is -0.123. The number of nitrogens with one attached hydrogen (secondary N) is 2. The molecule has 28 heavy (non-hydrogen) atoms. The highest BCUT2D eigenvalue weighted by Crippen LogP contribution is 2.22. The number of carbonyl (C=O) groups is 1. The first-order valence-electron chi connectivity index (χ1n) is 9.53. The van der Waals surface area contributed by atoms with E-state index in [1.807, 2.05) is 72.8 Å². The van der Waals surface area contributed by atoms with E-state index in [2.05, 4.69) is 31.5 Å². The average Bonchev–Trinajstić information content (AvgIpc) is 2.73. The van der Waals surface area contributed by atoms with E-state index in [4.69, 9.17) is 4.74 Å². The van der Waals surface area contributed by atoms with Crippen LogP contribution in [0.4, 0.5) is 0 Å². The molecule has 3 rings (SSSR count). The van der Waals surface area contributed by atoms with Gasteiger partial charge in [0.1, 0.15) is 18.3 Å². The number of rotatable bonds is 8. The molecule has 0 bridgehead atoms. The Morgan fingerprint density at radius 3 is 2.04 bits per heavy atom. The van der Waals surface area contributed by atoms with Gasteiger partial charge >= 0.3 is 0 Å². The fourth-order valence-corrected chi connectivity index (χ4v) is 3.10. The summed E-state index contributed by atoms with van der Waals surface area (Å²) in [6.45, 7) is 0.804. The summed E-state index contributed by atoms with van der Waals surface area (Å²) < 4.78 is 5.68. The van der Waals surface area contributed by atoms with Crippen LogP contribution in [-0.2, 0) is 4.79 Å². The minimum absolute atomic E-state index is 0.00320. The molecule has 1 amide bonds. The Kier molecular flexibility index (Phi) is 6.82. The first kappa shape index (κ1) is 19.6. The van der Waals surface area contributed by atoms with Crippen molar-refractivity contribution in [3.8, 4) is 16.9 Å². The van der Waals surface area contributed by atoms with Crippen LogP contribution in [-0.4, -0.2) is 33.2 Å². The number of amides is 1. The minimum Gasteiger partial charge on any atom is -0.484 e. The Labute approximate surface area is 166 Å². The molecule has 0 saturated heterocycles. The van der Waals surface area contributed by atoms with Crippen LogP contribution in [0.1, 0.15) is 11.6 Å². The second kappa shape index (κ2) is 9.72. The molecule has 0 spiro atoms. The van der Waals surface area contributed by atoms with Gasteiger partial charge in [0, 0.05) is 0 Å². The molecule has 144 valence electrons. The van der Waals surface area contributed by atoms with Crippen molar-refractivity contribution in [2.24, 2.45) is 0 Å². The van der Waals surface area contributed by atoms with Crippen LogP contribution in [0, 0.1) is 0 Å². The molecule has 0 aromatic heterocycles. The van der Waals surface area contributed by atoms with Crippen LogP contribution < -0.4 is 15.0 Å². The molecule has 0 aliphatic carbocycles. The average molecular weight is 375 g/mol. The third-order valence-corrected chi connectivity index (χ3v) is 4.48. The van der Waals surface area contributed by atoms with Crippen molar-refractivity contribution >= 4 is 5.91 Å². The van der Waals surface area contributed by atoms with Gasteiger partial charge in [-0.25, -0.2) is 0 Å². The molecule has 0 aliphatic heterocycles. The third-order valence-electron chi connectivity index (χ3n) is 4.48. The van der Waals surface area contributed by atoms with Crippen molar-refractivity contribution < 1.29 is 14.4 Å². The topological polar surface area (TPSA) is 42.8 Å². The maximum absolute atomic E-state index is 12.4. The van der Waals surface area contributed by atoms with Crippen molar-refractivity contribution in [3.05, 3.63) is 90.5 Å². The summed E-state index contributed by atoms with van der Waals surface area (Å²) >= 11 is 0. The molecule has 0 unspecified atom stereocenters. The summed E-state index contributed by atoms with van der Waals surface area (Å²) in [4.78, 5) is 13.7. The van der Waals surface area contributed by atoms with Crippen LogP contribution in [0.15, 0.2) is 84.9 Å². The van der Waals surface area contributed by atoms with Crippen molar-refractivity contribution in [1.82, 2.24) is 5.32 Å². The second-order valence-corrected chi connectivity index (χ2v) is 7.12. The lowest BCUT2D eigenvalue weighted by molar-refractivity contribution is -0.860. The standard InChI is InChI=1S/C24H26N2O2/c1-26(2)17-23(21-11-7-4-8-12-21)25-24(27)18-28-22-15-13-20(14-16-22)19-9-5-3-6-10-19/h3-16,23H,17-18H2,1-2H3,(H,25,27)/p+1/t23-/m0/s1. The molecule has 4 heteroatoms. The number of quaternary nitrogens is 1. The SMILES string of the molecule is C[NH+](C)C[C@H](NC(=O)COc1ccc(-c2ccccc2)cc1)c1ccccc1. The molecule has 0 radical (unpaired) electrons. The number of ether oxygens (including phenoxy) is 1. The van der Waals surface area contributed by atoms with E-state index in [1.165, 1.54) is 4.90 Å². The fourth-order valence-electron chi connectivity index (χ4n) is 3.10. The van der Waals surface area contributed by atoms with E-state index in [0.717, 1.165) is 23.2 Å². The molecular formula is C24H27N2O2+. The fraction of sp³-hybridized carbons (Fsp3) is 0.208. The first-order valence-corrected chi connectivity index (χ1v) is 9.53. The van der Waals surface area contributed by atoms with Crippen molar-refractivity contribution in [2.75, 3.05) is 27.2 Å². The quantitative estimate of drug-likeness (QED) is 0.636. The van der Waals surface area contributed by atoms with Gasteiger partial charge in [-0.3, -0.25) is 4.79 Å². The zero-order valence-electron chi connectivity index (χ0n) is 16.4. The van der Waals surface area contributed by atoms with Gasteiger partial charge in [0.25, 0.3) is 5.91 Å². The largest absolute Gasteiger partial charge is 0.484 e. The lowest BCUT2D eigenvalue weighted by atomic mass is 10.1. The van der Waals surface area contributed by atoms with Gasteiger partial charge < -0.3 is 15.0 Å². The molecule has 0 fully saturated rings. The highest BCUT2D eigenvalue weighted by molar-refractivity contribution is 5.78. The Hall–Kier alpha value is -3.11. The highest BCUT2D eigenvalue weighted by atomic mass is 16.5. The Morgan fingerprint density at radius 2 is 1.43 bits per heavy atom. The molecule has 3 aromatic carbocycles. The molecule has 4 nitrogen and oxygen atoms in total. The van der Waals surface area contributed by atoms with Gasteiger partial charge in [-0.1, -0.05) is 72.8 Å². The molecular weight excluding hydrogens is 348 g/mol. The van der Waals surface area contributed by atoms with Gasteiger partial charge in [-0.15, -0.1) is 0 Å². The van der Waals surface area contributed by atoms with Gasteiger partial charge in [0.15, 0.2) is 6.61 Å². The van der Waals surface area contributed by atoms with E-state index in [-0.39, 0.29) is 18.6 Å². The predicted octanol–water partition coefficient (Wildman–Crippen LogP) is 2.73. The van der Waals surface area contributed by atoms with Crippen LogP contribution in [0.25, 0.3) is 11.1 Å². The number of carbonyl (C=O) groups excluding carboxylic acids is 1. The number of hydrogen-bond acceptors (Lipinski definition) is 2. The first-order chi connectivity index (χ1) is 13.6. The van der Waals surface area contributed by atoms with Crippen LogP contribution >= 0.6 is 0 Å². The van der Waals surface area contributed by atoms with Crippen molar-refractivity contribution in [1.29, 1.82) is 0 Å². The van der Waals surface area contributed by atoms with Gasteiger partial charge in [0.05, 0.1) is 14.1 Å². The van der Waals surface area contributed by atoms with Crippen molar-refractivity contribution in [3.63, 3.8) is 0 Å². The molecule has 0 saturated carbocycles. The van der Waals surface area contributed by atoms with Crippen LogP contribution in [0.2, 0.25) is 0 Å². The maximum atomic E-state index is 12.4. The second-order valence-electron chi connectivity index (χ2n) is 7.12. The van der Waals surface area contributed by atoms with E-state index in [1.54, 1.807) is 0 Å². The third kappa shape index (κ3) is 5.69. The van der Waals surface area contributed by atoms with E-state index < -0.39 is 0 Å². The van der Waals surface area contributed by atoms with Gasteiger partial charge in [-0.05, 0) is 28.8 Å². The Morgan fingerprint density at radius 1 is 0.857 bits per heavy atom. The van der Waals surface area contributed by atoms with E-state index >= 15 is 0 Å². The summed E-state index contributed by atoms with van der Waals surface area (Å²) in [5.74, 6) is 0.562. The summed E-state index contributed by atoms with van der Waals surface area (Å²) in [5, 5.41) is 3.09. The van der Waals surface area contributed by atoms with Gasteiger partial charge in [0.2, 0.25) is 0 Å². The lowest BCUT2D eigenvalue weighted by Crippen LogP contribution is -3.06. The Balaban J connectivity index is 1.57. The zero-order valence-corrected chi connectivity index (χ0v) is 16.4. The smallest absolute Gasteiger partial charge is 0.258 e. The molecule has 0 aliphatic rings. The normalized spacial score (nSPS) is 11.8. The predicted molar refractivity (Wildman–Crippen MR) is 112 cm³/mol. The molecule has 1 atom stereocenters. The summed E-state index contributed by atoms with van der Waals surface area (Å²) in [5.41, 5.74) is 3.38. The Bertz CT molecular complexity index is 862.